The van der Waals surface area contributed by atoms with E-state index in [0.717, 1.165) is 5.56 Å². The van der Waals surface area contributed by atoms with Crippen molar-refractivity contribution in [1.29, 1.82) is 0 Å². The Hall–Kier alpha value is -3.19. The van der Waals surface area contributed by atoms with Gasteiger partial charge in [-0.05, 0) is 55.3 Å². The average molecular weight is 447 g/mol. The lowest BCUT2D eigenvalue weighted by Crippen LogP contribution is -2.37. The molecule has 0 fully saturated rings. The van der Waals surface area contributed by atoms with Crippen molar-refractivity contribution in [2.24, 2.45) is 0 Å². The Bertz CT molecular complexity index is 949. The molecule has 0 aromatic heterocycles. The first-order chi connectivity index (χ1) is 14.8. The first-order valence-electron chi connectivity index (χ1n) is 9.65. The van der Waals surface area contributed by atoms with E-state index in [2.05, 4.69) is 5.32 Å². The van der Waals surface area contributed by atoms with E-state index in [1.807, 2.05) is 19.9 Å². The average Bonchev–Trinajstić information content (AvgIpc) is 2.77. The molecule has 2 amide bonds. The van der Waals surface area contributed by atoms with Crippen LogP contribution in [0.4, 0.5) is 5.69 Å². The summed E-state index contributed by atoms with van der Waals surface area (Å²) in [6, 6.07) is 8.71. The van der Waals surface area contributed by atoms with Gasteiger partial charge in [-0.15, -0.1) is 0 Å². The molecule has 0 spiro atoms. The second-order valence-corrected chi connectivity index (χ2v) is 7.09. The maximum Gasteiger partial charge on any atom is 0.247 e. The van der Waals surface area contributed by atoms with Crippen LogP contribution in [0.5, 0.6) is 17.2 Å². The smallest absolute Gasteiger partial charge is 0.247 e. The summed E-state index contributed by atoms with van der Waals surface area (Å²) >= 11 is 5.99. The van der Waals surface area contributed by atoms with Crippen LogP contribution in [0.2, 0.25) is 5.02 Å². The highest BCUT2D eigenvalue weighted by atomic mass is 35.5. The molecule has 0 heterocycles. The summed E-state index contributed by atoms with van der Waals surface area (Å²) in [5.41, 5.74) is 2.20. The Morgan fingerprint density at radius 2 is 1.71 bits per heavy atom. The van der Waals surface area contributed by atoms with Crippen molar-refractivity contribution in [2.75, 3.05) is 39.7 Å². The maximum atomic E-state index is 12.6. The van der Waals surface area contributed by atoms with Gasteiger partial charge in [0.2, 0.25) is 17.6 Å². The highest BCUT2D eigenvalue weighted by Gasteiger charge is 2.15. The van der Waals surface area contributed by atoms with Crippen molar-refractivity contribution in [3.05, 3.63) is 52.6 Å². The van der Waals surface area contributed by atoms with Crippen molar-refractivity contribution >= 4 is 35.2 Å². The molecule has 0 aliphatic heterocycles. The molecule has 0 saturated heterocycles. The molecule has 0 aliphatic carbocycles. The lowest BCUT2D eigenvalue weighted by atomic mass is 10.1. The molecule has 0 unspecified atom stereocenters. The number of hydrogen-bond acceptors (Lipinski definition) is 5. The summed E-state index contributed by atoms with van der Waals surface area (Å²) in [7, 11) is 4.57. The first kappa shape index (κ1) is 24.1. The maximum absolute atomic E-state index is 12.6. The third-order valence-corrected chi connectivity index (χ3v) is 4.84. The number of benzene rings is 2. The van der Waals surface area contributed by atoms with Crippen molar-refractivity contribution < 1.29 is 23.8 Å². The highest BCUT2D eigenvalue weighted by molar-refractivity contribution is 6.31. The molecule has 0 atom stereocenters. The number of ether oxygens (including phenoxy) is 3. The number of rotatable bonds is 9. The zero-order chi connectivity index (χ0) is 23.0. The zero-order valence-corrected chi connectivity index (χ0v) is 19.1. The largest absolute Gasteiger partial charge is 0.493 e. The Morgan fingerprint density at radius 3 is 2.26 bits per heavy atom. The van der Waals surface area contributed by atoms with Crippen LogP contribution in [0.15, 0.2) is 36.4 Å². The van der Waals surface area contributed by atoms with Crippen LogP contribution in [0.3, 0.4) is 0 Å². The summed E-state index contributed by atoms with van der Waals surface area (Å²) in [6.45, 7) is 3.97. The van der Waals surface area contributed by atoms with Crippen molar-refractivity contribution in [3.8, 4) is 17.2 Å². The number of likely N-dealkylation sites (N-methyl/N-ethyl adjacent to an activating group) is 1. The third-order valence-electron chi connectivity index (χ3n) is 4.61. The van der Waals surface area contributed by atoms with Gasteiger partial charge >= 0.3 is 0 Å². The fraction of sp³-hybridized carbons (Fsp3) is 0.304. The van der Waals surface area contributed by atoms with Gasteiger partial charge in [0.1, 0.15) is 6.54 Å². The van der Waals surface area contributed by atoms with Gasteiger partial charge in [0.15, 0.2) is 11.5 Å². The quantitative estimate of drug-likeness (QED) is 0.585. The summed E-state index contributed by atoms with van der Waals surface area (Å²) in [5, 5.41) is 3.32. The van der Waals surface area contributed by atoms with Crippen LogP contribution in [0.25, 0.3) is 6.08 Å². The molecule has 31 heavy (non-hydrogen) atoms. The number of anilines is 1. The summed E-state index contributed by atoms with van der Waals surface area (Å²) in [5.74, 6) is 0.836. The van der Waals surface area contributed by atoms with Crippen LogP contribution in [0, 0.1) is 6.92 Å². The molecule has 1 N–H and O–H groups in total. The van der Waals surface area contributed by atoms with E-state index >= 15 is 0 Å². The molecule has 7 nitrogen and oxygen atoms in total. The number of carbonyl (C=O) groups excluding carboxylic acids is 2. The van der Waals surface area contributed by atoms with Gasteiger partial charge in [-0.1, -0.05) is 17.7 Å². The van der Waals surface area contributed by atoms with Gasteiger partial charge in [-0.3, -0.25) is 9.59 Å². The van der Waals surface area contributed by atoms with E-state index in [-0.39, 0.29) is 18.4 Å². The predicted octanol–water partition coefficient (Wildman–Crippen LogP) is 4.17. The molecule has 0 bridgehead atoms. The van der Waals surface area contributed by atoms with Crippen molar-refractivity contribution in [2.45, 2.75) is 13.8 Å². The number of carbonyl (C=O) groups is 2. The molecule has 8 heteroatoms. The normalized spacial score (nSPS) is 10.6. The van der Waals surface area contributed by atoms with Gasteiger partial charge in [0, 0.05) is 23.3 Å². The van der Waals surface area contributed by atoms with E-state index in [1.54, 1.807) is 30.3 Å². The van der Waals surface area contributed by atoms with Crippen LogP contribution in [-0.4, -0.2) is 51.1 Å². The number of aryl methyl sites for hydroxylation is 1. The molecular weight excluding hydrogens is 420 g/mol. The van der Waals surface area contributed by atoms with E-state index < -0.39 is 0 Å². The number of nitrogens with one attached hydrogen (secondary N) is 1. The lowest BCUT2D eigenvalue weighted by Gasteiger charge is -2.19. The SMILES string of the molecule is CCN(CC(=O)Nc1cc(Cl)ccc1C)C(=O)C=Cc1cc(OC)c(OC)c(OC)c1. The van der Waals surface area contributed by atoms with Gasteiger partial charge in [-0.25, -0.2) is 0 Å². The fourth-order valence-electron chi connectivity index (χ4n) is 2.91. The second-order valence-electron chi connectivity index (χ2n) is 6.65. The van der Waals surface area contributed by atoms with Crippen LogP contribution in [0.1, 0.15) is 18.1 Å². The summed E-state index contributed by atoms with van der Waals surface area (Å²) in [4.78, 5) is 26.5. The summed E-state index contributed by atoms with van der Waals surface area (Å²) < 4.78 is 16.0. The van der Waals surface area contributed by atoms with Crippen molar-refractivity contribution in [1.82, 2.24) is 4.90 Å². The number of amides is 2. The van der Waals surface area contributed by atoms with Crippen molar-refractivity contribution in [3.63, 3.8) is 0 Å². The Kier molecular flexibility index (Phi) is 8.75. The molecule has 0 aliphatic rings. The molecule has 2 aromatic rings. The highest BCUT2D eigenvalue weighted by Crippen LogP contribution is 2.38. The lowest BCUT2D eigenvalue weighted by molar-refractivity contribution is -0.130. The molecule has 2 aromatic carbocycles. The van der Waals surface area contributed by atoms with Gasteiger partial charge in [-0.2, -0.15) is 0 Å². The van der Waals surface area contributed by atoms with E-state index in [1.165, 1.54) is 32.3 Å². The van der Waals surface area contributed by atoms with Gasteiger partial charge in [0.05, 0.1) is 21.3 Å². The Balaban J connectivity index is 2.11. The van der Waals surface area contributed by atoms with Crippen LogP contribution >= 0.6 is 11.6 Å². The van der Waals surface area contributed by atoms with E-state index in [9.17, 15) is 9.59 Å². The fourth-order valence-corrected chi connectivity index (χ4v) is 3.08. The zero-order valence-electron chi connectivity index (χ0n) is 18.3. The summed E-state index contributed by atoms with van der Waals surface area (Å²) in [6.07, 6.45) is 3.04. The third kappa shape index (κ3) is 6.39. The van der Waals surface area contributed by atoms with Gasteiger partial charge in [0.25, 0.3) is 0 Å². The standard InChI is InChI=1S/C23H27ClN2O5/c1-6-26(14-21(27)25-18-13-17(24)9-7-15(18)2)22(28)10-8-16-11-19(29-3)23(31-5)20(12-16)30-4/h7-13H,6,14H2,1-5H3,(H,25,27). The number of hydrogen-bond donors (Lipinski definition) is 1. The van der Waals surface area contributed by atoms with Crippen LogP contribution in [-0.2, 0) is 9.59 Å². The van der Waals surface area contributed by atoms with Crippen LogP contribution < -0.4 is 19.5 Å². The number of nitrogens with zero attached hydrogens (tertiary/aromatic N) is 1. The molecule has 0 saturated carbocycles. The molecule has 0 radical (unpaired) electrons. The minimum Gasteiger partial charge on any atom is -0.493 e. The first-order valence-corrected chi connectivity index (χ1v) is 10.0. The van der Waals surface area contributed by atoms with E-state index in [0.29, 0.717) is 40.1 Å². The monoisotopic (exact) mass is 446 g/mol. The predicted molar refractivity (Wildman–Crippen MR) is 122 cm³/mol. The van der Waals surface area contributed by atoms with E-state index in [4.69, 9.17) is 25.8 Å². The molecule has 2 rings (SSSR count). The number of halogens is 1. The topological polar surface area (TPSA) is 77.1 Å². The molecular formula is C23H27ClN2O5. The number of methoxy groups -OCH3 is 3. The minimum atomic E-state index is -0.304. The Morgan fingerprint density at radius 1 is 1.06 bits per heavy atom. The second kappa shape index (κ2) is 11.3. The van der Waals surface area contributed by atoms with Gasteiger partial charge < -0.3 is 24.4 Å². The minimum absolute atomic E-state index is 0.0825. The molecule has 166 valence electrons. The Labute approximate surface area is 187 Å².